The van der Waals surface area contributed by atoms with Crippen LogP contribution in [0.3, 0.4) is 0 Å². The van der Waals surface area contributed by atoms with Crippen LogP contribution in [0.15, 0.2) is 170 Å². The minimum absolute atomic E-state index is 0.0968. The van der Waals surface area contributed by atoms with Crippen molar-refractivity contribution < 1.29 is 78.5 Å². The summed E-state index contributed by atoms with van der Waals surface area (Å²) in [6, 6.07) is 52.5. The van der Waals surface area contributed by atoms with Crippen LogP contribution < -0.4 is 35.9 Å². The lowest BCUT2D eigenvalue weighted by atomic mass is 9.92. The first-order valence-corrected chi connectivity index (χ1v) is 28.8. The van der Waals surface area contributed by atoms with E-state index in [9.17, 15) is 34.0 Å². The maximum absolute atomic E-state index is 12.6. The zero-order valence-corrected chi connectivity index (χ0v) is 49.5. The molecule has 10 rings (SSSR count). The summed E-state index contributed by atoms with van der Waals surface area (Å²) in [4.78, 5) is 74.6. The van der Waals surface area contributed by atoms with Crippen LogP contribution in [0, 0.1) is 39.2 Å². The Bertz CT molecular complexity index is 3550. The van der Waals surface area contributed by atoms with E-state index in [2.05, 4.69) is 24.3 Å². The molecule has 8 atom stereocenters. The van der Waals surface area contributed by atoms with Crippen molar-refractivity contribution in [1.29, 1.82) is 0 Å². The van der Waals surface area contributed by atoms with Gasteiger partial charge in [0, 0.05) is 26.2 Å². The first-order valence-electron chi connectivity index (χ1n) is 28.8. The predicted octanol–water partition coefficient (Wildman–Crippen LogP) is 8.50. The summed E-state index contributed by atoms with van der Waals surface area (Å²) in [5.74, 6) is -1.99. The Balaban J connectivity index is 0.000000172. The smallest absolute Gasteiger partial charge is 0.313 e. The largest absolute Gasteiger partial charge is 0.595 e. The van der Waals surface area contributed by atoms with Crippen molar-refractivity contribution in [1.82, 2.24) is 21.3 Å². The molecule has 462 valence electrons. The molecule has 0 spiro atoms. The summed E-state index contributed by atoms with van der Waals surface area (Å²) in [6.07, 6.45) is 2.05. The fourth-order valence-electron chi connectivity index (χ4n) is 11.3. The van der Waals surface area contributed by atoms with E-state index >= 15 is 0 Å². The van der Waals surface area contributed by atoms with Gasteiger partial charge in [-0.3, -0.25) is 44.4 Å². The molecule has 88 heavy (non-hydrogen) atoms. The molecule has 3 aliphatic rings. The highest BCUT2D eigenvalue weighted by Gasteiger charge is 2.66. The molecule has 0 bridgehead atoms. The molecule has 0 aromatic heterocycles. The molecule has 7 aromatic rings. The van der Waals surface area contributed by atoms with Gasteiger partial charge in [-0.2, -0.15) is 5.23 Å². The summed E-state index contributed by atoms with van der Waals surface area (Å²) in [7, 11) is 3.35. The van der Waals surface area contributed by atoms with Gasteiger partial charge in [-0.15, -0.1) is 0 Å². The summed E-state index contributed by atoms with van der Waals surface area (Å²) >= 11 is 0. The average Bonchev–Trinajstić information content (AvgIpc) is 1.77. The Morgan fingerprint density at radius 2 is 1.01 bits per heavy atom. The zero-order valence-electron chi connectivity index (χ0n) is 49.5. The van der Waals surface area contributed by atoms with Crippen LogP contribution in [0.2, 0.25) is 0 Å². The van der Waals surface area contributed by atoms with Crippen molar-refractivity contribution in [2.24, 2.45) is 34.0 Å². The van der Waals surface area contributed by atoms with Crippen molar-refractivity contribution in [2.75, 3.05) is 27.3 Å². The van der Waals surface area contributed by atoms with Crippen LogP contribution in [0.1, 0.15) is 74.0 Å². The van der Waals surface area contributed by atoms with Crippen molar-refractivity contribution in [3.8, 4) is 23.0 Å². The van der Waals surface area contributed by atoms with E-state index in [1.165, 1.54) is 22.4 Å². The standard InChI is InChI=1S/C26H27NO5.C21H24N2O4.C20H22N2O7/c1-3-31-25(29)26(16-23(26)24(28)27-30)15-18-11-13-20(14-12-18)32-17(2)21-10-6-8-19-7-4-5-9-22(19)21;1-23(2)20(25)21(13-18(21)19(24)22-26)12-15-8-10-17(11-9-15)27-14-16-6-4-3-5-7-16;1-2-28-19(24)20(12-17(20)18(23)21-25)11-13-6-8-15(9-7-13)29-16-5-3-4-14(10-16)22(26)27/h4-14,17,23,30H,3,15-16H2,1-2H3,(H,27,28);3-11,18,26H,12-14H2,1-2H3,(H,22,24);3-10,17,22,25-26H,2,11-12H2,1H3,(H,21,23)/t17?,23-,26+;18-,21+;17-,20+/m111/s1. The Hall–Kier alpha value is -9.22. The van der Waals surface area contributed by atoms with Gasteiger partial charge in [-0.25, -0.2) is 21.6 Å². The number of esters is 2. The molecule has 3 saturated carbocycles. The topological polar surface area (TPSA) is 296 Å². The van der Waals surface area contributed by atoms with Gasteiger partial charge in [0.05, 0.1) is 47.2 Å². The van der Waals surface area contributed by atoms with Crippen molar-refractivity contribution in [2.45, 2.75) is 72.0 Å². The number of hydrogen-bond donors (Lipinski definition) is 8. The maximum Gasteiger partial charge on any atom is 0.313 e. The van der Waals surface area contributed by atoms with Crippen molar-refractivity contribution in [3.05, 3.63) is 203 Å². The second kappa shape index (κ2) is 29.0. The first-order chi connectivity index (χ1) is 42.3. The van der Waals surface area contributed by atoms with E-state index in [0.717, 1.165) is 44.7 Å². The predicted molar refractivity (Wildman–Crippen MR) is 320 cm³/mol. The van der Waals surface area contributed by atoms with Gasteiger partial charge in [0.25, 0.3) is 0 Å². The zero-order chi connectivity index (χ0) is 63.2. The number of hydrogen-bond acceptors (Lipinski definition) is 16. The van der Waals surface area contributed by atoms with Crippen LogP contribution in [-0.4, -0.2) is 88.6 Å². The number of benzene rings is 7. The third-order valence-corrected chi connectivity index (χ3v) is 16.2. The van der Waals surface area contributed by atoms with Gasteiger partial charge in [0.1, 0.15) is 35.7 Å². The lowest BCUT2D eigenvalue weighted by Crippen LogP contribution is -2.99. The number of hydroxylamine groups is 3. The summed E-state index contributed by atoms with van der Waals surface area (Å²) in [6.45, 7) is 6.39. The summed E-state index contributed by atoms with van der Waals surface area (Å²) in [5, 5.41) is 48.2. The molecule has 0 radical (unpaired) electrons. The highest BCUT2D eigenvalue weighted by Crippen LogP contribution is 2.58. The number of ether oxygens (including phenoxy) is 5. The average molecular weight is 1200 g/mol. The molecule has 7 aromatic carbocycles. The molecule has 0 saturated heterocycles. The lowest BCUT2D eigenvalue weighted by Gasteiger charge is -2.21. The number of fused-ring (bicyclic) bond motifs is 1. The number of nitrogens with one attached hydrogen (secondary N) is 4. The van der Waals surface area contributed by atoms with Crippen LogP contribution in [0.5, 0.6) is 23.0 Å². The Morgan fingerprint density at radius 1 is 0.557 bits per heavy atom. The second-order valence-corrected chi connectivity index (χ2v) is 22.3. The van der Waals surface area contributed by atoms with Crippen molar-refractivity contribution >= 4 is 52.0 Å². The van der Waals surface area contributed by atoms with Gasteiger partial charge in [0.15, 0.2) is 5.69 Å². The third kappa shape index (κ3) is 15.5. The Morgan fingerprint density at radius 3 is 1.52 bits per heavy atom. The lowest BCUT2D eigenvalue weighted by molar-refractivity contribution is -0.991. The SMILES string of the molecule is CCOC(=O)[C@@]1(Cc2ccc(OC(C)c3cccc4ccccc34)cc2)C[C@@H]1C(=O)NO.CCOC(=O)[C@@]1(Cc2ccc(Oc3cccc([NH+]([O-])O)c3)cc2)C[C@@H]1C(=O)NO.CN(C)C(=O)[C@@]1(Cc2ccc(OCc3ccccc3)cc2)C[C@@H]1C(=O)NO. The normalized spacial score (nSPS) is 20.7. The highest BCUT2D eigenvalue weighted by atomic mass is 16.8. The molecule has 21 heteroatoms. The molecular weight excluding hydrogens is 1130 g/mol. The van der Waals surface area contributed by atoms with Crippen LogP contribution >= 0.6 is 0 Å². The maximum atomic E-state index is 12.6. The van der Waals surface area contributed by atoms with Gasteiger partial charge in [-0.05, 0) is 140 Å². The number of amides is 4. The van der Waals surface area contributed by atoms with E-state index in [-0.39, 0.29) is 30.9 Å². The van der Waals surface area contributed by atoms with E-state index in [0.29, 0.717) is 56.6 Å². The fraction of sp³-hybridized carbons (Fsp3) is 0.313. The van der Waals surface area contributed by atoms with Crippen LogP contribution in [0.25, 0.3) is 10.8 Å². The number of carbonyl (C=O) groups is 6. The number of quaternary nitrogens is 1. The highest BCUT2D eigenvalue weighted by molar-refractivity contribution is 5.96. The van der Waals surface area contributed by atoms with E-state index in [1.54, 1.807) is 80.8 Å². The number of rotatable bonds is 23. The first kappa shape index (κ1) is 64.8. The monoisotopic (exact) mass is 1200 g/mol. The van der Waals surface area contributed by atoms with Crippen molar-refractivity contribution in [3.63, 3.8) is 0 Å². The van der Waals surface area contributed by atoms with Gasteiger partial charge >= 0.3 is 11.9 Å². The summed E-state index contributed by atoms with van der Waals surface area (Å²) < 4.78 is 28.0. The van der Waals surface area contributed by atoms with Gasteiger partial charge < -0.3 is 33.8 Å². The summed E-state index contributed by atoms with van der Waals surface area (Å²) in [5.41, 5.74) is 7.21. The fourth-order valence-corrected chi connectivity index (χ4v) is 11.3. The molecule has 0 aliphatic heterocycles. The van der Waals surface area contributed by atoms with Crippen LogP contribution in [-0.2, 0) is 64.1 Å². The van der Waals surface area contributed by atoms with Crippen LogP contribution in [0.4, 0.5) is 5.69 Å². The molecular formula is C67H73N5O16. The Labute approximate surface area is 509 Å². The van der Waals surface area contributed by atoms with E-state index in [4.69, 9.17) is 44.5 Å². The minimum Gasteiger partial charge on any atom is -0.595 e. The minimum atomic E-state index is -1.04. The molecule has 3 aliphatic carbocycles. The number of carbonyl (C=O) groups excluding carboxylic acids is 6. The van der Waals surface area contributed by atoms with E-state index in [1.807, 2.05) is 104 Å². The molecule has 0 heterocycles. The Kier molecular flexibility index (Phi) is 21.3. The quantitative estimate of drug-likeness (QED) is 0.0169. The molecule has 21 nitrogen and oxygen atoms in total. The second-order valence-electron chi connectivity index (χ2n) is 22.3. The third-order valence-electron chi connectivity index (χ3n) is 16.2. The van der Waals surface area contributed by atoms with Gasteiger partial charge in [0.2, 0.25) is 23.6 Å². The van der Waals surface area contributed by atoms with Gasteiger partial charge in [-0.1, -0.05) is 115 Å². The number of nitrogens with zero attached hydrogens (tertiary/aromatic N) is 1. The molecule has 3 fully saturated rings. The van der Waals surface area contributed by atoms with E-state index < -0.39 is 68.9 Å². The molecule has 8 N–H and O–H groups in total. The molecule has 4 amide bonds. The molecule has 2 unspecified atom stereocenters.